The molecule has 518 valence electrons. The number of rotatable bonds is 12. The van der Waals surface area contributed by atoms with Crippen molar-refractivity contribution in [2.75, 3.05) is 69.0 Å². The molecule has 8 atom stereocenters. The number of carbonyl (C=O) groups excluding carboxylic acids is 11. The van der Waals surface area contributed by atoms with Crippen LogP contribution >= 0.6 is 11.6 Å². The topological polar surface area (TPSA) is 259 Å². The van der Waals surface area contributed by atoms with Gasteiger partial charge in [-0.05, 0) is 105 Å². The van der Waals surface area contributed by atoms with Crippen LogP contribution in [0.3, 0.4) is 0 Å². The van der Waals surface area contributed by atoms with Gasteiger partial charge in [-0.25, -0.2) is 4.39 Å². The van der Waals surface area contributed by atoms with Gasteiger partial charge in [-0.15, -0.1) is 0 Å². The number of alkyl halides is 3. The zero-order valence-corrected chi connectivity index (χ0v) is 57.6. The number of halogens is 5. The lowest BCUT2D eigenvalue weighted by molar-refractivity contribution is -0.149. The molecule has 1 spiro atoms. The molecule has 2 aromatic carbocycles. The molecule has 2 aliphatic rings. The monoisotopic (exact) mass is 1330 g/mol. The molecule has 1 saturated heterocycles. The van der Waals surface area contributed by atoms with Gasteiger partial charge in [0.05, 0.1) is 25.2 Å². The molecular weight excluding hydrogens is 1230 g/mol. The van der Waals surface area contributed by atoms with E-state index in [1.54, 1.807) is 65.8 Å². The first-order chi connectivity index (χ1) is 43.2. The smallest absolute Gasteiger partial charge is 0.351 e. The Bertz CT molecular complexity index is 3000. The van der Waals surface area contributed by atoms with Crippen LogP contribution in [0.2, 0.25) is 5.02 Å². The van der Waals surface area contributed by atoms with Crippen LogP contribution in [-0.4, -0.2) is 216 Å². The predicted molar refractivity (Wildman–Crippen MR) is 343 cm³/mol. The quantitative estimate of drug-likeness (QED) is 0.194. The normalized spacial score (nSPS) is 24.1. The van der Waals surface area contributed by atoms with Gasteiger partial charge in [-0.1, -0.05) is 104 Å². The van der Waals surface area contributed by atoms with E-state index in [1.807, 2.05) is 20.8 Å². The molecule has 4 N–H and O–H groups in total. The summed E-state index contributed by atoms with van der Waals surface area (Å²) in [6, 6.07) is 0.167. The summed E-state index contributed by atoms with van der Waals surface area (Å²) in [6.07, 6.45) is -4.15. The Morgan fingerprint density at radius 1 is 0.602 bits per heavy atom. The number of hydrogen-bond donors (Lipinski definition) is 4. The van der Waals surface area contributed by atoms with Crippen molar-refractivity contribution in [3.8, 4) is 0 Å². The lowest BCUT2D eigenvalue weighted by Gasteiger charge is -2.39. The predicted octanol–water partition coefficient (Wildman–Crippen LogP) is 5.46. The Labute approximate surface area is 549 Å². The maximum absolute atomic E-state index is 15.1. The average molecular weight is 1330 g/mol. The molecule has 2 fully saturated rings. The number of nitrogens with zero attached hydrogens (tertiary/aromatic N) is 7. The molecule has 1 aliphatic carbocycles. The van der Waals surface area contributed by atoms with E-state index >= 15 is 14.4 Å². The number of hydrogen-bond acceptors (Lipinski definition) is 11. The molecule has 1 saturated carbocycles. The Balaban J connectivity index is 1.86. The maximum atomic E-state index is 15.1. The summed E-state index contributed by atoms with van der Waals surface area (Å²) in [5.41, 5.74) is -2.53. The van der Waals surface area contributed by atoms with E-state index in [0.29, 0.717) is 42.0 Å². The van der Waals surface area contributed by atoms with Gasteiger partial charge in [-0.3, -0.25) is 52.7 Å². The third-order valence-corrected chi connectivity index (χ3v) is 17.9. The SMILES string of the molecule is CC[C@H](C)[C@@H]1NC(=O)[C@H](C(C)C)N(C)C(=O)C[C@@H](C)NC(=O)[C@H](CC(C)C)N(C)C(=O)C2(CCCC2)NC(=O)[C@@H](CC(C)C)N(C)C(=O)[C@H](CCc2ccc(C(F)(F)F)c(F)c2)NC(=O)CN(C)C(=O)[C@H](Cc2ccc(Cl)cc2)N(C)C(=O)CN(C)C(=O)CN(C)C1=O. The number of nitrogens with one attached hydrogen (secondary N) is 4. The number of benzene rings is 2. The van der Waals surface area contributed by atoms with Gasteiger partial charge in [0.25, 0.3) is 0 Å². The number of carbonyl (C=O) groups is 11. The fraction of sp³-hybridized carbons (Fsp3) is 0.652. The second-order valence-electron chi connectivity index (χ2n) is 26.6. The molecule has 0 bridgehead atoms. The molecule has 22 nitrogen and oxygen atoms in total. The van der Waals surface area contributed by atoms with Gasteiger partial charge in [0, 0.05) is 73.2 Å². The van der Waals surface area contributed by atoms with Crippen LogP contribution < -0.4 is 21.3 Å². The van der Waals surface area contributed by atoms with Crippen molar-refractivity contribution in [1.29, 1.82) is 0 Å². The number of amides is 11. The standard InChI is InChI=1S/C66H98ClF4N11O11/c1-17-41(8)56-63(92)78(12)36-54(85)76(10)37-55(86)79(13)51(34-44-20-24-45(67)25-21-44)62(91)77(11)35-52(83)73-48(27-23-43-22-26-46(47(68)33-43)66(69,70)71)61(90)80(14)50(31-39(4)5)59(88)75-65(28-18-19-29-65)64(93)81(15)49(30-38(2)3)58(87)72-42(9)32-53(84)82(16)57(40(6)7)60(89)74-56/h20-22,24-26,33,38-42,48-51,56-57H,17-19,23,27-32,34-37H2,1-16H3,(H,72,87)(H,73,83)(H,74,89)(H,75,88)/t41-,42+,48-,49-,50+,51-,56-,57-/m0/s1. The van der Waals surface area contributed by atoms with Crippen LogP contribution in [0.5, 0.6) is 0 Å². The number of aryl methyl sites for hydroxylation is 1. The fourth-order valence-electron chi connectivity index (χ4n) is 11.9. The zero-order valence-electron chi connectivity index (χ0n) is 56.8. The molecule has 4 rings (SSSR count). The minimum Gasteiger partial charge on any atom is -0.351 e. The molecule has 0 aromatic heterocycles. The lowest BCUT2D eigenvalue weighted by Crippen LogP contribution is -2.64. The highest BCUT2D eigenvalue weighted by atomic mass is 35.5. The Kier molecular flexibility index (Phi) is 28.7. The summed E-state index contributed by atoms with van der Waals surface area (Å²) < 4.78 is 56.0. The molecule has 11 amide bonds. The molecule has 0 radical (unpaired) electrons. The molecular formula is C66H98ClF4N11O11. The van der Waals surface area contributed by atoms with E-state index in [9.17, 15) is 55.9 Å². The van der Waals surface area contributed by atoms with Crippen molar-refractivity contribution < 1.29 is 70.3 Å². The van der Waals surface area contributed by atoms with Crippen molar-refractivity contribution in [2.24, 2.45) is 23.7 Å². The molecule has 27 heteroatoms. The van der Waals surface area contributed by atoms with Crippen LogP contribution in [-0.2, 0) is 71.8 Å². The summed E-state index contributed by atoms with van der Waals surface area (Å²) in [5, 5.41) is 11.7. The minimum absolute atomic E-state index is 0.0173. The molecule has 0 unspecified atom stereocenters. The lowest BCUT2D eigenvalue weighted by atomic mass is 9.91. The summed E-state index contributed by atoms with van der Waals surface area (Å²) in [5.74, 6) is -10.7. The number of likely N-dealkylation sites (N-methyl/N-ethyl adjacent to an activating group) is 7. The van der Waals surface area contributed by atoms with Gasteiger partial charge in [0.2, 0.25) is 65.0 Å². The van der Waals surface area contributed by atoms with Crippen molar-refractivity contribution in [1.82, 2.24) is 55.6 Å². The van der Waals surface area contributed by atoms with Gasteiger partial charge in [-0.2, -0.15) is 13.2 Å². The van der Waals surface area contributed by atoms with Crippen molar-refractivity contribution >= 4 is 76.6 Å². The highest BCUT2D eigenvalue weighted by molar-refractivity contribution is 6.30. The summed E-state index contributed by atoms with van der Waals surface area (Å²) in [4.78, 5) is 168. The largest absolute Gasteiger partial charge is 0.419 e. The van der Waals surface area contributed by atoms with E-state index in [0.717, 1.165) is 30.6 Å². The van der Waals surface area contributed by atoms with Crippen molar-refractivity contribution in [2.45, 2.75) is 187 Å². The van der Waals surface area contributed by atoms with E-state index in [1.165, 1.54) is 59.1 Å². The summed E-state index contributed by atoms with van der Waals surface area (Å²) in [6.45, 7) is 14.0. The summed E-state index contributed by atoms with van der Waals surface area (Å²) in [7, 11) is 9.50. The first-order valence-electron chi connectivity index (χ1n) is 31.9. The first-order valence-corrected chi connectivity index (χ1v) is 32.2. The van der Waals surface area contributed by atoms with E-state index < -0.39 is 162 Å². The van der Waals surface area contributed by atoms with Gasteiger partial charge < -0.3 is 55.6 Å². The average Bonchev–Trinajstić information content (AvgIpc) is 1.77. The Hall–Kier alpha value is -7.38. The Morgan fingerprint density at radius 3 is 1.69 bits per heavy atom. The van der Waals surface area contributed by atoms with Crippen LogP contribution in [0.15, 0.2) is 42.5 Å². The molecule has 2 aromatic rings. The van der Waals surface area contributed by atoms with Crippen LogP contribution in [0.25, 0.3) is 0 Å². The van der Waals surface area contributed by atoms with E-state index in [-0.39, 0.29) is 68.8 Å². The molecule has 1 aliphatic heterocycles. The van der Waals surface area contributed by atoms with E-state index in [2.05, 4.69) is 21.3 Å². The zero-order chi connectivity index (χ0) is 70.3. The van der Waals surface area contributed by atoms with Crippen molar-refractivity contribution in [3.05, 3.63) is 70.0 Å². The van der Waals surface area contributed by atoms with Gasteiger partial charge >= 0.3 is 6.18 Å². The highest BCUT2D eigenvalue weighted by Crippen LogP contribution is 2.34. The molecule has 93 heavy (non-hydrogen) atoms. The maximum Gasteiger partial charge on any atom is 0.419 e. The summed E-state index contributed by atoms with van der Waals surface area (Å²) >= 11 is 6.20. The fourth-order valence-corrected chi connectivity index (χ4v) is 12.0. The van der Waals surface area contributed by atoms with Crippen molar-refractivity contribution in [3.63, 3.8) is 0 Å². The third kappa shape index (κ3) is 21.3. The first kappa shape index (κ1) is 78.1. The minimum atomic E-state index is -5.01. The van der Waals surface area contributed by atoms with Gasteiger partial charge in [0.15, 0.2) is 0 Å². The third-order valence-electron chi connectivity index (χ3n) is 17.7. The van der Waals surface area contributed by atoms with Gasteiger partial charge in [0.1, 0.15) is 47.6 Å². The Morgan fingerprint density at radius 2 is 1.15 bits per heavy atom. The van der Waals surface area contributed by atoms with Crippen LogP contribution in [0, 0.1) is 29.5 Å². The second kappa shape index (κ2) is 34.2. The van der Waals surface area contributed by atoms with Crippen LogP contribution in [0.4, 0.5) is 17.6 Å². The molecule has 1 heterocycles. The van der Waals surface area contributed by atoms with E-state index in [4.69, 9.17) is 11.6 Å². The van der Waals surface area contributed by atoms with Crippen LogP contribution in [0.1, 0.15) is 137 Å². The highest BCUT2D eigenvalue weighted by Gasteiger charge is 2.48. The second-order valence-corrected chi connectivity index (χ2v) is 27.0.